The van der Waals surface area contributed by atoms with Gasteiger partial charge in [-0.2, -0.15) is 18.6 Å². The number of nitrogens with one attached hydrogen (secondary N) is 1. The lowest BCUT2D eigenvalue weighted by molar-refractivity contribution is -0.220. The number of rotatable bonds is 3. The molecule has 0 aromatic heterocycles. The molecule has 1 heterocycles. The quantitative estimate of drug-likeness (QED) is 0.627. The van der Waals surface area contributed by atoms with Gasteiger partial charge in [-0.3, -0.25) is 5.01 Å². The molecule has 10 heteroatoms. The Balaban J connectivity index is 2.07. The molecule has 2 aromatic rings. The van der Waals surface area contributed by atoms with E-state index in [0.717, 1.165) is 17.1 Å². The van der Waals surface area contributed by atoms with Crippen molar-refractivity contribution in [2.75, 3.05) is 5.01 Å². The van der Waals surface area contributed by atoms with Crippen molar-refractivity contribution in [3.8, 4) is 0 Å². The Hall–Kier alpha value is -2.43. The Kier molecular flexibility index (Phi) is 4.29. The third-order valence-corrected chi connectivity index (χ3v) is 4.69. The number of anilines is 1. The molecular formula is C16H13F4N3O2S. The Bertz CT molecular complexity index is 944. The average molecular weight is 387 g/mol. The minimum atomic E-state index is -5.19. The molecule has 26 heavy (non-hydrogen) atoms. The summed E-state index contributed by atoms with van der Waals surface area (Å²) in [6, 6.07) is 12.6. The van der Waals surface area contributed by atoms with Crippen molar-refractivity contribution in [2.24, 2.45) is 5.14 Å². The zero-order chi connectivity index (χ0) is 19.2. The Morgan fingerprint density at radius 1 is 1.00 bits per heavy atom. The second-order valence-corrected chi connectivity index (χ2v) is 7.15. The van der Waals surface area contributed by atoms with Crippen molar-refractivity contribution >= 4 is 21.4 Å². The van der Waals surface area contributed by atoms with Crippen LogP contribution in [0.15, 0.2) is 65.6 Å². The highest BCUT2D eigenvalue weighted by molar-refractivity contribution is 7.89. The van der Waals surface area contributed by atoms with Gasteiger partial charge in [0.05, 0.1) is 16.3 Å². The summed E-state index contributed by atoms with van der Waals surface area (Å²) < 4.78 is 76.5. The van der Waals surface area contributed by atoms with E-state index >= 15 is 0 Å². The predicted molar refractivity (Wildman–Crippen MR) is 87.7 cm³/mol. The second kappa shape index (κ2) is 6.08. The predicted octanol–water partition coefficient (Wildman–Crippen LogP) is 2.93. The van der Waals surface area contributed by atoms with Crippen LogP contribution in [-0.2, 0) is 10.0 Å². The first-order chi connectivity index (χ1) is 12.0. The van der Waals surface area contributed by atoms with Crippen LogP contribution >= 0.6 is 0 Å². The molecular weight excluding hydrogens is 374 g/mol. The van der Waals surface area contributed by atoms with E-state index in [1.807, 2.05) is 0 Å². The van der Waals surface area contributed by atoms with Crippen LogP contribution in [0.4, 0.5) is 23.2 Å². The van der Waals surface area contributed by atoms with Gasteiger partial charge < -0.3 is 0 Å². The zero-order valence-electron chi connectivity index (χ0n) is 13.0. The van der Waals surface area contributed by atoms with Gasteiger partial charge in [-0.25, -0.2) is 17.9 Å². The monoisotopic (exact) mass is 387 g/mol. The van der Waals surface area contributed by atoms with Gasteiger partial charge in [0, 0.05) is 6.08 Å². The largest absolute Gasteiger partial charge is 0.442 e. The van der Waals surface area contributed by atoms with E-state index in [1.54, 1.807) is 23.6 Å². The van der Waals surface area contributed by atoms with E-state index in [0.29, 0.717) is 11.6 Å². The molecule has 0 saturated carbocycles. The maximum absolute atomic E-state index is 14.5. The minimum absolute atomic E-state index is 0.0613. The fourth-order valence-corrected chi connectivity index (χ4v) is 2.98. The molecule has 3 rings (SSSR count). The van der Waals surface area contributed by atoms with Crippen LogP contribution in [0.25, 0.3) is 5.70 Å². The number of hydrogen-bond donors (Lipinski definition) is 2. The third kappa shape index (κ3) is 3.30. The van der Waals surface area contributed by atoms with Gasteiger partial charge in [-0.15, -0.1) is 0 Å². The van der Waals surface area contributed by atoms with Crippen LogP contribution < -0.4 is 15.6 Å². The van der Waals surface area contributed by atoms with Crippen LogP contribution in [0.2, 0.25) is 0 Å². The van der Waals surface area contributed by atoms with Gasteiger partial charge >= 0.3 is 6.18 Å². The second-order valence-electron chi connectivity index (χ2n) is 5.59. The summed E-state index contributed by atoms with van der Waals surface area (Å²) in [6.07, 6.45) is -4.75. The molecule has 0 radical (unpaired) electrons. The van der Waals surface area contributed by atoms with Crippen LogP contribution in [0.3, 0.4) is 0 Å². The van der Waals surface area contributed by atoms with E-state index in [4.69, 9.17) is 5.14 Å². The number of alkyl halides is 4. The number of halogens is 4. The van der Waals surface area contributed by atoms with E-state index in [1.165, 1.54) is 24.3 Å². The molecule has 0 amide bonds. The molecule has 0 bridgehead atoms. The highest BCUT2D eigenvalue weighted by Gasteiger charge is 2.59. The molecule has 1 aliphatic heterocycles. The summed E-state index contributed by atoms with van der Waals surface area (Å²) in [6.45, 7) is 0. The highest BCUT2D eigenvalue weighted by Crippen LogP contribution is 2.42. The van der Waals surface area contributed by atoms with Crippen molar-refractivity contribution < 1.29 is 26.0 Å². The topological polar surface area (TPSA) is 75.4 Å². The van der Waals surface area contributed by atoms with Crippen molar-refractivity contribution in [1.82, 2.24) is 5.43 Å². The first kappa shape index (κ1) is 18.4. The van der Waals surface area contributed by atoms with Gasteiger partial charge in [0.25, 0.3) is 5.79 Å². The zero-order valence-corrected chi connectivity index (χ0v) is 13.9. The minimum Gasteiger partial charge on any atom is -0.273 e. The normalized spacial score (nSPS) is 21.0. The summed E-state index contributed by atoms with van der Waals surface area (Å²) in [5.74, 6) is -3.77. The van der Waals surface area contributed by atoms with E-state index in [2.05, 4.69) is 0 Å². The standard InChI is InChI=1S/C16H13F4N3O2S/c17-15(16(18,19)20)10-14(11-4-2-1-3-5-11)23(22-15)12-6-8-13(9-7-12)26(21,24)25/h1-10,22H,(H2,21,24,25). The van der Waals surface area contributed by atoms with Gasteiger partial charge in [0.1, 0.15) is 0 Å². The maximum atomic E-state index is 14.5. The number of primary sulfonamides is 1. The maximum Gasteiger partial charge on any atom is 0.442 e. The molecule has 0 spiro atoms. The van der Waals surface area contributed by atoms with Crippen molar-refractivity contribution in [3.63, 3.8) is 0 Å². The fourth-order valence-electron chi connectivity index (χ4n) is 2.46. The van der Waals surface area contributed by atoms with Crippen molar-refractivity contribution in [3.05, 3.63) is 66.2 Å². The lowest BCUT2D eigenvalue weighted by Crippen LogP contribution is -2.53. The van der Waals surface area contributed by atoms with Crippen LogP contribution in [0.1, 0.15) is 5.56 Å². The summed E-state index contributed by atoms with van der Waals surface area (Å²) >= 11 is 0. The van der Waals surface area contributed by atoms with Gasteiger partial charge in [-0.1, -0.05) is 30.3 Å². The smallest absolute Gasteiger partial charge is 0.273 e. The Labute approximate surface area is 146 Å². The van der Waals surface area contributed by atoms with Crippen LogP contribution in [-0.4, -0.2) is 20.4 Å². The molecule has 1 unspecified atom stereocenters. The molecule has 5 nitrogen and oxygen atoms in total. The number of nitrogens with zero attached hydrogens (tertiary/aromatic N) is 1. The Morgan fingerprint density at radius 3 is 2.08 bits per heavy atom. The van der Waals surface area contributed by atoms with Crippen LogP contribution in [0.5, 0.6) is 0 Å². The van der Waals surface area contributed by atoms with Gasteiger partial charge in [0.2, 0.25) is 10.0 Å². The molecule has 138 valence electrons. The summed E-state index contributed by atoms with van der Waals surface area (Å²) in [5.41, 5.74) is 2.19. The first-order valence-corrected chi connectivity index (χ1v) is 8.81. The number of hydrazine groups is 1. The molecule has 0 aliphatic carbocycles. The molecule has 1 aliphatic rings. The van der Waals surface area contributed by atoms with E-state index in [-0.39, 0.29) is 16.3 Å². The average Bonchev–Trinajstić information content (AvgIpc) is 2.94. The Morgan fingerprint density at radius 2 is 1.58 bits per heavy atom. The lowest BCUT2D eigenvalue weighted by atomic mass is 10.1. The molecule has 0 saturated heterocycles. The molecule has 1 atom stereocenters. The van der Waals surface area contributed by atoms with Crippen LogP contribution in [0, 0.1) is 0 Å². The third-order valence-electron chi connectivity index (χ3n) is 3.76. The number of benzene rings is 2. The number of hydrogen-bond acceptors (Lipinski definition) is 4. The van der Waals surface area contributed by atoms with E-state index in [9.17, 15) is 26.0 Å². The number of nitrogens with two attached hydrogens (primary N) is 1. The first-order valence-electron chi connectivity index (χ1n) is 7.26. The van der Waals surface area contributed by atoms with Gasteiger partial charge in [-0.05, 0) is 29.8 Å². The van der Waals surface area contributed by atoms with E-state index < -0.39 is 22.0 Å². The molecule has 0 fully saturated rings. The lowest BCUT2D eigenvalue weighted by Gasteiger charge is -2.27. The summed E-state index contributed by atoms with van der Waals surface area (Å²) in [5, 5.41) is 5.91. The number of sulfonamides is 1. The fraction of sp³-hybridized carbons (Fsp3) is 0.125. The molecule has 3 N–H and O–H groups in total. The van der Waals surface area contributed by atoms with Crippen molar-refractivity contribution in [1.29, 1.82) is 0 Å². The summed E-state index contributed by atoms with van der Waals surface area (Å²) in [7, 11) is -3.96. The SMILES string of the molecule is NS(=O)(=O)c1ccc(N2NC(F)(C(F)(F)F)C=C2c2ccccc2)cc1. The summed E-state index contributed by atoms with van der Waals surface area (Å²) in [4.78, 5) is -0.215. The molecule has 2 aromatic carbocycles. The van der Waals surface area contributed by atoms with Crippen molar-refractivity contribution in [2.45, 2.75) is 16.9 Å². The van der Waals surface area contributed by atoms with Gasteiger partial charge in [0.15, 0.2) is 0 Å². The highest BCUT2D eigenvalue weighted by atomic mass is 32.2.